The second-order valence-corrected chi connectivity index (χ2v) is 6.18. The quantitative estimate of drug-likeness (QED) is 0.821. The zero-order valence-corrected chi connectivity index (χ0v) is 14.2. The zero-order valence-electron chi connectivity index (χ0n) is 13.4. The highest BCUT2D eigenvalue weighted by molar-refractivity contribution is 6.34. The molecule has 0 saturated heterocycles. The first-order chi connectivity index (χ1) is 11.4. The number of halogens is 2. The Morgan fingerprint density at radius 3 is 2.17 bits per heavy atom. The van der Waals surface area contributed by atoms with Crippen LogP contribution in [0.5, 0.6) is 0 Å². The van der Waals surface area contributed by atoms with E-state index < -0.39 is 11.7 Å². The molecular weight excluding hydrogens is 331 g/mol. The lowest BCUT2D eigenvalue weighted by Gasteiger charge is -2.10. The second kappa shape index (κ2) is 7.93. The molecule has 0 aliphatic carbocycles. The van der Waals surface area contributed by atoms with E-state index in [0.717, 1.165) is 0 Å². The summed E-state index contributed by atoms with van der Waals surface area (Å²) in [4.78, 5) is 23.8. The molecular formula is C18H18ClFN2O2. The van der Waals surface area contributed by atoms with Gasteiger partial charge in [-0.1, -0.05) is 31.5 Å². The summed E-state index contributed by atoms with van der Waals surface area (Å²) in [6, 6.07) is 10.6. The molecule has 2 rings (SSSR count). The van der Waals surface area contributed by atoms with Crippen LogP contribution in [-0.4, -0.2) is 11.8 Å². The van der Waals surface area contributed by atoms with Crippen molar-refractivity contribution in [3.05, 3.63) is 58.9 Å². The van der Waals surface area contributed by atoms with Crippen molar-refractivity contribution >= 4 is 34.8 Å². The predicted molar refractivity (Wildman–Crippen MR) is 93.9 cm³/mol. The molecule has 2 amide bonds. The molecule has 6 heteroatoms. The number of anilines is 2. The number of rotatable bonds is 5. The summed E-state index contributed by atoms with van der Waals surface area (Å²) >= 11 is 5.87. The van der Waals surface area contributed by atoms with Gasteiger partial charge in [0.2, 0.25) is 5.91 Å². The molecule has 0 spiro atoms. The molecule has 0 aromatic heterocycles. The molecule has 2 aromatic rings. The Morgan fingerprint density at radius 2 is 1.62 bits per heavy atom. The SMILES string of the molecule is CC(C)CC(=O)Nc1ccc(NC(=O)c2c(F)cccc2Cl)cc1. The Kier molecular flexibility index (Phi) is 5.93. The van der Waals surface area contributed by atoms with E-state index in [9.17, 15) is 14.0 Å². The van der Waals surface area contributed by atoms with E-state index >= 15 is 0 Å². The van der Waals surface area contributed by atoms with Crippen molar-refractivity contribution in [3.63, 3.8) is 0 Å². The van der Waals surface area contributed by atoms with Crippen molar-refractivity contribution in [3.8, 4) is 0 Å². The molecule has 0 heterocycles. The highest BCUT2D eigenvalue weighted by atomic mass is 35.5. The maximum Gasteiger partial charge on any atom is 0.260 e. The van der Waals surface area contributed by atoms with Gasteiger partial charge in [0.05, 0.1) is 10.6 Å². The molecule has 4 nitrogen and oxygen atoms in total. The van der Waals surface area contributed by atoms with Gasteiger partial charge in [-0.3, -0.25) is 9.59 Å². The molecule has 0 atom stereocenters. The zero-order chi connectivity index (χ0) is 17.7. The highest BCUT2D eigenvalue weighted by Crippen LogP contribution is 2.21. The van der Waals surface area contributed by atoms with E-state index in [1.54, 1.807) is 24.3 Å². The molecule has 0 fully saturated rings. The molecule has 24 heavy (non-hydrogen) atoms. The van der Waals surface area contributed by atoms with Crippen LogP contribution in [0.1, 0.15) is 30.6 Å². The summed E-state index contributed by atoms with van der Waals surface area (Å²) in [6.07, 6.45) is 0.435. The molecule has 2 aromatic carbocycles. The number of hydrogen-bond donors (Lipinski definition) is 2. The standard InChI is InChI=1S/C18H18ClFN2O2/c1-11(2)10-16(23)21-12-6-8-13(9-7-12)22-18(24)17-14(19)4-3-5-15(17)20/h3-9,11H,10H2,1-2H3,(H,21,23)(H,22,24). The van der Waals surface area contributed by atoms with Gasteiger partial charge in [0.25, 0.3) is 5.91 Å². The van der Waals surface area contributed by atoms with Crippen molar-refractivity contribution in [2.45, 2.75) is 20.3 Å². The molecule has 126 valence electrons. The van der Waals surface area contributed by atoms with E-state index in [1.807, 2.05) is 13.8 Å². The number of amides is 2. The molecule has 0 aliphatic heterocycles. The van der Waals surface area contributed by atoms with E-state index in [4.69, 9.17) is 11.6 Å². The van der Waals surface area contributed by atoms with Crippen molar-refractivity contribution in [1.29, 1.82) is 0 Å². The van der Waals surface area contributed by atoms with Crippen LogP contribution >= 0.6 is 11.6 Å². The van der Waals surface area contributed by atoms with E-state index in [2.05, 4.69) is 10.6 Å². The third kappa shape index (κ3) is 4.80. The van der Waals surface area contributed by atoms with Crippen LogP contribution in [-0.2, 0) is 4.79 Å². The van der Waals surface area contributed by atoms with Gasteiger partial charge < -0.3 is 10.6 Å². The Morgan fingerprint density at radius 1 is 1.04 bits per heavy atom. The summed E-state index contributed by atoms with van der Waals surface area (Å²) in [7, 11) is 0. The molecule has 0 unspecified atom stereocenters. The predicted octanol–water partition coefficient (Wildman–Crippen LogP) is 4.72. The molecule has 2 N–H and O–H groups in total. The Labute approximate surface area is 145 Å². The maximum absolute atomic E-state index is 13.7. The van der Waals surface area contributed by atoms with Crippen LogP contribution in [0.3, 0.4) is 0 Å². The molecule has 0 saturated carbocycles. The topological polar surface area (TPSA) is 58.2 Å². The number of benzene rings is 2. The second-order valence-electron chi connectivity index (χ2n) is 5.77. The third-order valence-electron chi connectivity index (χ3n) is 3.21. The number of carbonyl (C=O) groups excluding carboxylic acids is 2. The monoisotopic (exact) mass is 348 g/mol. The Hall–Kier alpha value is -2.40. The first-order valence-electron chi connectivity index (χ1n) is 7.52. The Balaban J connectivity index is 2.04. The van der Waals surface area contributed by atoms with Crippen molar-refractivity contribution in [2.24, 2.45) is 5.92 Å². The average Bonchev–Trinajstić information content (AvgIpc) is 2.48. The highest BCUT2D eigenvalue weighted by Gasteiger charge is 2.15. The van der Waals surface area contributed by atoms with Crippen LogP contribution in [0.4, 0.5) is 15.8 Å². The average molecular weight is 349 g/mol. The minimum Gasteiger partial charge on any atom is -0.326 e. The van der Waals surface area contributed by atoms with Crippen molar-refractivity contribution < 1.29 is 14.0 Å². The van der Waals surface area contributed by atoms with Gasteiger partial charge in [-0.25, -0.2) is 4.39 Å². The van der Waals surface area contributed by atoms with Gasteiger partial charge in [0.1, 0.15) is 5.82 Å². The van der Waals surface area contributed by atoms with E-state index in [-0.39, 0.29) is 22.4 Å². The van der Waals surface area contributed by atoms with E-state index in [1.165, 1.54) is 18.2 Å². The molecule has 0 bridgehead atoms. The summed E-state index contributed by atoms with van der Waals surface area (Å²) in [6.45, 7) is 3.93. The summed E-state index contributed by atoms with van der Waals surface area (Å²) in [5, 5.41) is 5.39. The third-order valence-corrected chi connectivity index (χ3v) is 3.52. The minimum atomic E-state index is -0.683. The number of hydrogen-bond acceptors (Lipinski definition) is 2. The van der Waals surface area contributed by atoms with Gasteiger partial charge in [-0.15, -0.1) is 0 Å². The van der Waals surface area contributed by atoms with Gasteiger partial charge in [-0.05, 0) is 42.3 Å². The fraction of sp³-hybridized carbons (Fsp3) is 0.222. The van der Waals surface area contributed by atoms with Crippen molar-refractivity contribution in [2.75, 3.05) is 10.6 Å². The fourth-order valence-electron chi connectivity index (χ4n) is 2.13. The maximum atomic E-state index is 13.7. The smallest absolute Gasteiger partial charge is 0.260 e. The lowest BCUT2D eigenvalue weighted by molar-refractivity contribution is -0.116. The normalized spacial score (nSPS) is 10.5. The van der Waals surface area contributed by atoms with Crippen LogP contribution in [0.2, 0.25) is 5.02 Å². The van der Waals surface area contributed by atoms with E-state index in [0.29, 0.717) is 17.8 Å². The number of nitrogens with one attached hydrogen (secondary N) is 2. The van der Waals surface area contributed by atoms with Gasteiger partial charge in [0, 0.05) is 17.8 Å². The van der Waals surface area contributed by atoms with Crippen molar-refractivity contribution in [1.82, 2.24) is 0 Å². The van der Waals surface area contributed by atoms with Crippen LogP contribution in [0.15, 0.2) is 42.5 Å². The lowest BCUT2D eigenvalue weighted by Crippen LogP contribution is -2.15. The lowest BCUT2D eigenvalue weighted by atomic mass is 10.1. The number of carbonyl (C=O) groups is 2. The summed E-state index contributed by atoms with van der Waals surface area (Å²) in [5.74, 6) is -1.11. The first kappa shape index (κ1) is 17.9. The molecule has 0 radical (unpaired) electrons. The summed E-state index contributed by atoms with van der Waals surface area (Å²) < 4.78 is 13.7. The molecule has 0 aliphatic rings. The van der Waals surface area contributed by atoms with Crippen LogP contribution in [0, 0.1) is 11.7 Å². The largest absolute Gasteiger partial charge is 0.326 e. The summed E-state index contributed by atoms with van der Waals surface area (Å²) in [5.41, 5.74) is 0.900. The Bertz CT molecular complexity index is 725. The fourth-order valence-corrected chi connectivity index (χ4v) is 2.38. The van der Waals surface area contributed by atoms with Crippen LogP contribution < -0.4 is 10.6 Å². The first-order valence-corrected chi connectivity index (χ1v) is 7.90. The van der Waals surface area contributed by atoms with Gasteiger partial charge >= 0.3 is 0 Å². The van der Waals surface area contributed by atoms with Gasteiger partial charge in [-0.2, -0.15) is 0 Å². The minimum absolute atomic E-state index is 0.0464. The van der Waals surface area contributed by atoms with Gasteiger partial charge in [0.15, 0.2) is 0 Å². The van der Waals surface area contributed by atoms with Crippen LogP contribution in [0.25, 0.3) is 0 Å².